The first kappa shape index (κ1) is 12.5. The molecule has 16 heavy (non-hydrogen) atoms. The van der Waals surface area contributed by atoms with E-state index in [0.29, 0.717) is 10.6 Å². The van der Waals surface area contributed by atoms with Crippen LogP contribution in [0.5, 0.6) is 0 Å². The predicted molar refractivity (Wildman–Crippen MR) is 63.2 cm³/mol. The lowest BCUT2D eigenvalue weighted by Gasteiger charge is -2.29. The lowest BCUT2D eigenvalue weighted by molar-refractivity contribution is 0.0698. The van der Waals surface area contributed by atoms with E-state index in [-0.39, 0.29) is 5.91 Å². The lowest BCUT2D eigenvalue weighted by atomic mass is 10.0. The molecule has 0 aliphatic carbocycles. The average Bonchev–Trinajstić information content (AvgIpc) is 2.28. The average molecular weight is 237 g/mol. The molecule has 0 aromatic heterocycles. The van der Waals surface area contributed by atoms with Gasteiger partial charge in [-0.1, -0.05) is 11.6 Å². The number of halogens is 1. The Hall–Kier alpha value is -1.53. The van der Waals surface area contributed by atoms with Gasteiger partial charge in [-0.3, -0.25) is 4.79 Å². The van der Waals surface area contributed by atoms with E-state index in [1.54, 1.807) is 45.2 Å². The smallest absolute Gasteiger partial charge is 0.254 e. The summed E-state index contributed by atoms with van der Waals surface area (Å²) in [6.07, 6.45) is 0. The molecule has 0 spiro atoms. The first-order valence-corrected chi connectivity index (χ1v) is 5.21. The van der Waals surface area contributed by atoms with Gasteiger partial charge >= 0.3 is 0 Å². The fourth-order valence-electron chi connectivity index (χ4n) is 1.11. The second kappa shape index (κ2) is 4.54. The number of nitrogens with zero attached hydrogens (tertiary/aromatic N) is 2. The van der Waals surface area contributed by atoms with Crippen LogP contribution in [0, 0.1) is 11.3 Å². The van der Waals surface area contributed by atoms with Crippen LogP contribution in [0.2, 0.25) is 5.02 Å². The number of nitriles is 1. The van der Waals surface area contributed by atoms with Gasteiger partial charge in [-0.05, 0) is 38.1 Å². The molecule has 0 bridgehead atoms. The summed E-state index contributed by atoms with van der Waals surface area (Å²) in [5.41, 5.74) is -0.299. The summed E-state index contributed by atoms with van der Waals surface area (Å²) in [7, 11) is 1.61. The van der Waals surface area contributed by atoms with Gasteiger partial charge in [-0.2, -0.15) is 5.26 Å². The molecule has 1 rings (SSSR count). The molecule has 0 aliphatic heterocycles. The van der Waals surface area contributed by atoms with E-state index in [1.807, 2.05) is 0 Å². The molecule has 84 valence electrons. The highest BCUT2D eigenvalue weighted by Crippen LogP contribution is 2.16. The van der Waals surface area contributed by atoms with Crippen LogP contribution in [0.4, 0.5) is 0 Å². The Kier molecular flexibility index (Phi) is 3.56. The van der Waals surface area contributed by atoms with E-state index >= 15 is 0 Å². The summed E-state index contributed by atoms with van der Waals surface area (Å²) < 4.78 is 0. The third-order valence-electron chi connectivity index (χ3n) is 2.51. The van der Waals surface area contributed by atoms with Crippen LogP contribution in [0.3, 0.4) is 0 Å². The monoisotopic (exact) mass is 236 g/mol. The van der Waals surface area contributed by atoms with Crippen molar-refractivity contribution in [3.8, 4) is 6.07 Å². The highest BCUT2D eigenvalue weighted by atomic mass is 35.5. The molecule has 4 heteroatoms. The van der Waals surface area contributed by atoms with Gasteiger partial charge in [0.1, 0.15) is 5.54 Å². The summed E-state index contributed by atoms with van der Waals surface area (Å²) in [5, 5.41) is 9.52. The lowest BCUT2D eigenvalue weighted by Crippen LogP contribution is -2.43. The van der Waals surface area contributed by atoms with Crippen molar-refractivity contribution in [2.75, 3.05) is 7.05 Å². The summed E-state index contributed by atoms with van der Waals surface area (Å²) in [6.45, 7) is 3.39. The minimum Gasteiger partial charge on any atom is -0.324 e. The SMILES string of the molecule is CN(C(=O)c1ccc(Cl)cc1)C(C)(C)C#N. The Morgan fingerprint density at radius 1 is 1.38 bits per heavy atom. The molecule has 0 heterocycles. The van der Waals surface area contributed by atoms with Gasteiger partial charge < -0.3 is 4.90 Å². The summed E-state index contributed by atoms with van der Waals surface area (Å²) in [5.74, 6) is -0.191. The van der Waals surface area contributed by atoms with Gasteiger partial charge in [0.25, 0.3) is 5.91 Å². The van der Waals surface area contributed by atoms with Crippen molar-refractivity contribution in [3.05, 3.63) is 34.9 Å². The van der Waals surface area contributed by atoms with Crippen molar-refractivity contribution in [2.45, 2.75) is 19.4 Å². The minimum atomic E-state index is -0.823. The van der Waals surface area contributed by atoms with Crippen LogP contribution in [-0.2, 0) is 0 Å². The molecule has 0 N–H and O–H groups in total. The molecule has 1 amide bonds. The maximum Gasteiger partial charge on any atom is 0.254 e. The first-order valence-electron chi connectivity index (χ1n) is 4.83. The van der Waals surface area contributed by atoms with E-state index < -0.39 is 5.54 Å². The molecule has 0 unspecified atom stereocenters. The van der Waals surface area contributed by atoms with Crippen LogP contribution in [0.25, 0.3) is 0 Å². The van der Waals surface area contributed by atoms with E-state index in [1.165, 1.54) is 4.90 Å². The quantitative estimate of drug-likeness (QED) is 0.793. The third-order valence-corrected chi connectivity index (χ3v) is 2.76. The van der Waals surface area contributed by atoms with Crippen molar-refractivity contribution >= 4 is 17.5 Å². The van der Waals surface area contributed by atoms with Crippen molar-refractivity contribution < 1.29 is 4.79 Å². The standard InChI is InChI=1S/C12H13ClN2O/c1-12(2,8-14)15(3)11(16)9-4-6-10(13)7-5-9/h4-7H,1-3H3. The maximum atomic E-state index is 12.0. The second-order valence-electron chi connectivity index (χ2n) is 4.04. The molecule has 0 radical (unpaired) electrons. The fraction of sp³-hybridized carbons (Fsp3) is 0.333. The van der Waals surface area contributed by atoms with E-state index in [4.69, 9.17) is 16.9 Å². The van der Waals surface area contributed by atoms with E-state index in [9.17, 15) is 4.79 Å². The molecular weight excluding hydrogens is 224 g/mol. The topological polar surface area (TPSA) is 44.1 Å². The minimum absolute atomic E-state index is 0.191. The molecule has 0 fully saturated rings. The Labute approximate surface area is 100 Å². The molecule has 0 atom stereocenters. The van der Waals surface area contributed by atoms with Crippen LogP contribution >= 0.6 is 11.6 Å². The van der Waals surface area contributed by atoms with E-state index in [0.717, 1.165) is 0 Å². The number of carbonyl (C=O) groups is 1. The molecule has 1 aromatic rings. The highest BCUT2D eigenvalue weighted by molar-refractivity contribution is 6.30. The Bertz CT molecular complexity index is 431. The first-order chi connectivity index (χ1) is 7.38. The van der Waals surface area contributed by atoms with Gasteiger partial charge in [0.2, 0.25) is 0 Å². The van der Waals surface area contributed by atoms with Crippen molar-refractivity contribution in [1.82, 2.24) is 4.90 Å². The van der Waals surface area contributed by atoms with Gasteiger partial charge in [0, 0.05) is 17.6 Å². The number of carbonyl (C=O) groups excluding carboxylic acids is 1. The van der Waals surface area contributed by atoms with Crippen molar-refractivity contribution in [1.29, 1.82) is 5.26 Å². The number of rotatable bonds is 2. The van der Waals surface area contributed by atoms with Crippen molar-refractivity contribution in [2.24, 2.45) is 0 Å². The molecule has 0 saturated heterocycles. The number of hydrogen-bond donors (Lipinski definition) is 0. The normalized spacial score (nSPS) is 10.7. The fourth-order valence-corrected chi connectivity index (χ4v) is 1.24. The molecule has 1 aromatic carbocycles. The van der Waals surface area contributed by atoms with Crippen LogP contribution in [-0.4, -0.2) is 23.4 Å². The molecule has 0 saturated carbocycles. The Morgan fingerprint density at radius 3 is 2.31 bits per heavy atom. The van der Waals surface area contributed by atoms with Crippen molar-refractivity contribution in [3.63, 3.8) is 0 Å². The van der Waals surface area contributed by atoms with Crippen LogP contribution in [0.1, 0.15) is 24.2 Å². The van der Waals surface area contributed by atoms with Gasteiger partial charge in [0.05, 0.1) is 6.07 Å². The Morgan fingerprint density at radius 2 is 1.88 bits per heavy atom. The predicted octanol–water partition coefficient (Wildman–Crippen LogP) is 2.71. The number of benzene rings is 1. The largest absolute Gasteiger partial charge is 0.324 e. The van der Waals surface area contributed by atoms with Gasteiger partial charge in [0.15, 0.2) is 0 Å². The van der Waals surface area contributed by atoms with Gasteiger partial charge in [-0.25, -0.2) is 0 Å². The highest BCUT2D eigenvalue weighted by Gasteiger charge is 2.27. The van der Waals surface area contributed by atoms with E-state index in [2.05, 4.69) is 6.07 Å². The number of hydrogen-bond acceptors (Lipinski definition) is 2. The maximum absolute atomic E-state index is 12.0. The summed E-state index contributed by atoms with van der Waals surface area (Å²) >= 11 is 5.74. The second-order valence-corrected chi connectivity index (χ2v) is 4.48. The summed E-state index contributed by atoms with van der Waals surface area (Å²) in [4.78, 5) is 13.4. The molecular formula is C12H13ClN2O. The molecule has 0 aliphatic rings. The zero-order valence-electron chi connectivity index (χ0n) is 9.49. The molecule has 3 nitrogen and oxygen atoms in total. The zero-order chi connectivity index (χ0) is 12.3. The zero-order valence-corrected chi connectivity index (χ0v) is 10.2. The van der Waals surface area contributed by atoms with Crippen LogP contribution < -0.4 is 0 Å². The third kappa shape index (κ3) is 2.53. The summed E-state index contributed by atoms with van der Waals surface area (Å²) in [6, 6.07) is 8.69. The Balaban J connectivity index is 2.96. The number of amides is 1. The van der Waals surface area contributed by atoms with Gasteiger partial charge in [-0.15, -0.1) is 0 Å². The van der Waals surface area contributed by atoms with Crippen LogP contribution in [0.15, 0.2) is 24.3 Å².